The number of benzene rings is 1. The van der Waals surface area contributed by atoms with Gasteiger partial charge in [0.15, 0.2) is 5.82 Å². The lowest BCUT2D eigenvalue weighted by molar-refractivity contribution is 0.824. The minimum atomic E-state index is 0.697. The summed E-state index contributed by atoms with van der Waals surface area (Å²) in [7, 11) is 0. The third-order valence-electron chi connectivity index (χ3n) is 3.45. The lowest BCUT2D eigenvalue weighted by Crippen LogP contribution is -2.05. The van der Waals surface area contributed by atoms with E-state index in [0.717, 1.165) is 36.5 Å². The highest BCUT2D eigenvalue weighted by molar-refractivity contribution is 5.77. The molecular weight excluding hydrogens is 250 g/mol. The maximum atomic E-state index is 4.64. The number of nitrogens with one attached hydrogen (secondary N) is 2. The van der Waals surface area contributed by atoms with Crippen molar-refractivity contribution in [1.29, 1.82) is 0 Å². The van der Waals surface area contributed by atoms with Gasteiger partial charge >= 0.3 is 0 Å². The number of hydrogen-bond donors (Lipinski definition) is 2. The summed E-state index contributed by atoms with van der Waals surface area (Å²) in [5.74, 6) is 1.68. The second-order valence-electron chi connectivity index (χ2n) is 4.93. The van der Waals surface area contributed by atoms with Gasteiger partial charge in [-0.3, -0.25) is 5.10 Å². The third kappa shape index (κ3) is 2.15. The SMILES string of the molecule is CCCCNc1c(-c2ccccc2C)nc2nc[nH]n12. The molecule has 0 aliphatic heterocycles. The van der Waals surface area contributed by atoms with E-state index in [1.807, 2.05) is 16.6 Å². The van der Waals surface area contributed by atoms with Gasteiger partial charge in [0.2, 0.25) is 0 Å². The van der Waals surface area contributed by atoms with Crippen LogP contribution in [0.5, 0.6) is 0 Å². The number of aromatic amines is 1. The molecule has 2 N–H and O–H groups in total. The second-order valence-corrected chi connectivity index (χ2v) is 4.93. The van der Waals surface area contributed by atoms with Crippen molar-refractivity contribution in [2.24, 2.45) is 0 Å². The number of fused-ring (bicyclic) bond motifs is 1. The van der Waals surface area contributed by atoms with E-state index >= 15 is 0 Å². The molecule has 0 atom stereocenters. The minimum Gasteiger partial charge on any atom is -0.368 e. The topological polar surface area (TPSA) is 58.0 Å². The van der Waals surface area contributed by atoms with E-state index < -0.39 is 0 Å². The Labute approximate surface area is 118 Å². The first-order valence-electron chi connectivity index (χ1n) is 7.03. The Morgan fingerprint density at radius 2 is 2.15 bits per heavy atom. The molecule has 2 heterocycles. The molecule has 2 aromatic heterocycles. The smallest absolute Gasteiger partial charge is 0.252 e. The number of hydrogen-bond acceptors (Lipinski definition) is 3. The highest BCUT2D eigenvalue weighted by Gasteiger charge is 2.16. The van der Waals surface area contributed by atoms with Crippen LogP contribution in [0.15, 0.2) is 30.6 Å². The Morgan fingerprint density at radius 3 is 2.95 bits per heavy atom. The van der Waals surface area contributed by atoms with Crippen molar-refractivity contribution in [3.8, 4) is 11.3 Å². The van der Waals surface area contributed by atoms with Crippen LogP contribution in [0.1, 0.15) is 25.3 Å². The molecule has 0 radical (unpaired) electrons. The number of rotatable bonds is 5. The van der Waals surface area contributed by atoms with E-state index in [1.165, 1.54) is 5.56 Å². The van der Waals surface area contributed by atoms with Gasteiger partial charge in [-0.2, -0.15) is 0 Å². The van der Waals surface area contributed by atoms with E-state index in [-0.39, 0.29) is 0 Å². The van der Waals surface area contributed by atoms with Gasteiger partial charge in [-0.25, -0.2) is 14.5 Å². The van der Waals surface area contributed by atoms with Gasteiger partial charge in [-0.1, -0.05) is 37.6 Å². The van der Waals surface area contributed by atoms with E-state index in [4.69, 9.17) is 0 Å². The number of H-pyrrole nitrogens is 1. The molecule has 20 heavy (non-hydrogen) atoms. The third-order valence-corrected chi connectivity index (χ3v) is 3.45. The summed E-state index contributed by atoms with van der Waals surface area (Å²) in [5, 5.41) is 6.58. The molecule has 3 rings (SSSR count). The monoisotopic (exact) mass is 269 g/mol. The standard InChI is InChI=1S/C15H19N5/c1-3-4-9-16-14-13(12-8-6-5-7-11(12)2)19-15-17-10-18-20(14)15/h5-8,10,16H,3-4,9H2,1-2H3,(H,17,18,19). The van der Waals surface area contributed by atoms with Crippen LogP contribution in [0, 0.1) is 6.92 Å². The number of anilines is 1. The Balaban J connectivity index is 2.07. The largest absolute Gasteiger partial charge is 0.368 e. The van der Waals surface area contributed by atoms with Crippen LogP contribution in [-0.4, -0.2) is 26.1 Å². The summed E-state index contributed by atoms with van der Waals surface area (Å²) >= 11 is 0. The first-order chi connectivity index (χ1) is 9.81. The molecular formula is C15H19N5. The quantitative estimate of drug-likeness (QED) is 0.699. The molecule has 0 saturated carbocycles. The molecule has 0 aliphatic rings. The van der Waals surface area contributed by atoms with Gasteiger partial charge < -0.3 is 5.32 Å². The normalized spacial score (nSPS) is 11.1. The average molecular weight is 269 g/mol. The van der Waals surface area contributed by atoms with E-state index in [1.54, 1.807) is 6.33 Å². The summed E-state index contributed by atoms with van der Waals surface area (Å²) in [6, 6.07) is 8.29. The van der Waals surface area contributed by atoms with Crippen molar-refractivity contribution >= 4 is 11.6 Å². The first-order valence-corrected chi connectivity index (χ1v) is 7.03. The van der Waals surface area contributed by atoms with Crippen molar-refractivity contribution < 1.29 is 0 Å². The van der Waals surface area contributed by atoms with Crippen molar-refractivity contribution in [3.63, 3.8) is 0 Å². The molecule has 0 spiro atoms. The Morgan fingerprint density at radius 1 is 1.30 bits per heavy atom. The van der Waals surface area contributed by atoms with Crippen LogP contribution >= 0.6 is 0 Å². The van der Waals surface area contributed by atoms with E-state index in [2.05, 4.69) is 46.4 Å². The highest BCUT2D eigenvalue weighted by Crippen LogP contribution is 2.29. The zero-order chi connectivity index (χ0) is 13.9. The summed E-state index contributed by atoms with van der Waals surface area (Å²) < 4.78 is 1.90. The summed E-state index contributed by atoms with van der Waals surface area (Å²) in [6.07, 6.45) is 3.96. The molecule has 1 aromatic carbocycles. The van der Waals surface area contributed by atoms with Crippen molar-refractivity contribution in [1.82, 2.24) is 19.6 Å². The number of aromatic nitrogens is 4. The van der Waals surface area contributed by atoms with Crippen LogP contribution in [0.2, 0.25) is 0 Å². The zero-order valence-electron chi connectivity index (χ0n) is 11.8. The Bertz CT molecular complexity index is 710. The Kier molecular flexibility index (Phi) is 3.41. The lowest BCUT2D eigenvalue weighted by Gasteiger charge is -2.08. The molecule has 0 aliphatic carbocycles. The second kappa shape index (κ2) is 5.36. The molecule has 3 aromatic rings. The first kappa shape index (κ1) is 12.7. The maximum Gasteiger partial charge on any atom is 0.252 e. The van der Waals surface area contributed by atoms with Gasteiger partial charge in [-0.15, -0.1) is 0 Å². The molecule has 0 bridgehead atoms. The van der Waals surface area contributed by atoms with Crippen LogP contribution in [0.3, 0.4) is 0 Å². The molecule has 0 amide bonds. The summed E-state index contributed by atoms with van der Waals surface area (Å²) in [6.45, 7) is 5.22. The molecule has 0 unspecified atom stereocenters. The fraction of sp³-hybridized carbons (Fsp3) is 0.333. The van der Waals surface area contributed by atoms with Crippen LogP contribution < -0.4 is 5.32 Å². The van der Waals surface area contributed by atoms with E-state index in [0.29, 0.717) is 5.78 Å². The predicted molar refractivity (Wildman–Crippen MR) is 80.9 cm³/mol. The van der Waals surface area contributed by atoms with Crippen molar-refractivity contribution in [2.75, 3.05) is 11.9 Å². The number of aryl methyl sites for hydroxylation is 1. The van der Waals surface area contributed by atoms with Gasteiger partial charge in [0.05, 0.1) is 0 Å². The predicted octanol–water partition coefficient (Wildman–Crippen LogP) is 3.24. The lowest BCUT2D eigenvalue weighted by atomic mass is 10.1. The van der Waals surface area contributed by atoms with Crippen molar-refractivity contribution in [2.45, 2.75) is 26.7 Å². The average Bonchev–Trinajstić information content (AvgIpc) is 3.02. The van der Waals surface area contributed by atoms with Crippen LogP contribution in [0.25, 0.3) is 17.0 Å². The summed E-state index contributed by atoms with van der Waals surface area (Å²) in [4.78, 5) is 8.88. The van der Waals surface area contributed by atoms with Crippen LogP contribution in [0.4, 0.5) is 5.82 Å². The Hall–Kier alpha value is -2.30. The highest BCUT2D eigenvalue weighted by atomic mass is 15.4. The molecule has 0 saturated heterocycles. The van der Waals surface area contributed by atoms with Gasteiger partial charge in [0, 0.05) is 12.1 Å². The zero-order valence-corrected chi connectivity index (χ0v) is 11.8. The number of unbranched alkanes of at least 4 members (excludes halogenated alkanes) is 1. The van der Waals surface area contributed by atoms with Gasteiger partial charge in [0.1, 0.15) is 12.0 Å². The van der Waals surface area contributed by atoms with E-state index in [9.17, 15) is 0 Å². The minimum absolute atomic E-state index is 0.697. The number of imidazole rings is 1. The van der Waals surface area contributed by atoms with Crippen molar-refractivity contribution in [3.05, 3.63) is 36.2 Å². The molecule has 5 heteroatoms. The molecule has 104 valence electrons. The maximum absolute atomic E-state index is 4.64. The molecule has 5 nitrogen and oxygen atoms in total. The summed E-state index contributed by atoms with van der Waals surface area (Å²) in [5.41, 5.74) is 3.32. The molecule has 0 fully saturated rings. The fourth-order valence-corrected chi connectivity index (χ4v) is 2.33. The van der Waals surface area contributed by atoms with Gasteiger partial charge in [0.25, 0.3) is 5.78 Å². The van der Waals surface area contributed by atoms with Crippen LogP contribution in [-0.2, 0) is 0 Å². The fourth-order valence-electron chi connectivity index (χ4n) is 2.33. The number of nitrogens with zero attached hydrogens (tertiary/aromatic N) is 3. The van der Waals surface area contributed by atoms with Gasteiger partial charge in [-0.05, 0) is 18.9 Å².